The van der Waals surface area contributed by atoms with Crippen molar-refractivity contribution in [2.24, 2.45) is 0 Å². The molecule has 0 bridgehead atoms. The van der Waals surface area contributed by atoms with Crippen molar-refractivity contribution in [3.63, 3.8) is 0 Å². The molecule has 0 aliphatic heterocycles. The molecule has 2 aromatic carbocycles. The van der Waals surface area contributed by atoms with E-state index in [1.807, 2.05) is 30.3 Å². The van der Waals surface area contributed by atoms with Crippen LogP contribution in [0.5, 0.6) is 5.75 Å². The standard InChI is InChI=1S/C22H19Cl2IN2O2/c23-17-7-6-15(19(24)11-17)13-29-21-8-5-14(10-20(21)25)9-16(12-26)22(28)27-18-3-1-2-4-18/h5-11,18H,1-4,13H2,(H,27,28)/b16-9-. The number of amides is 1. The Balaban J connectivity index is 1.68. The Morgan fingerprint density at radius 1 is 1.24 bits per heavy atom. The lowest BCUT2D eigenvalue weighted by molar-refractivity contribution is -0.117. The van der Waals surface area contributed by atoms with Gasteiger partial charge in [-0.2, -0.15) is 5.26 Å². The molecular formula is C22H19Cl2IN2O2. The zero-order chi connectivity index (χ0) is 20.8. The van der Waals surface area contributed by atoms with Crippen molar-refractivity contribution in [2.75, 3.05) is 0 Å². The van der Waals surface area contributed by atoms with Crippen LogP contribution in [0.2, 0.25) is 10.0 Å². The quantitative estimate of drug-likeness (QED) is 0.272. The Morgan fingerprint density at radius 2 is 2.00 bits per heavy atom. The number of carbonyl (C=O) groups is 1. The van der Waals surface area contributed by atoms with Crippen LogP contribution >= 0.6 is 45.8 Å². The van der Waals surface area contributed by atoms with E-state index in [1.54, 1.807) is 18.2 Å². The van der Waals surface area contributed by atoms with Gasteiger partial charge in [-0.05, 0) is 71.3 Å². The van der Waals surface area contributed by atoms with Crippen LogP contribution in [0.15, 0.2) is 42.0 Å². The van der Waals surface area contributed by atoms with Gasteiger partial charge < -0.3 is 10.1 Å². The fourth-order valence-corrected chi connectivity index (χ4v) is 4.32. The van der Waals surface area contributed by atoms with Crippen molar-refractivity contribution >= 4 is 57.8 Å². The summed E-state index contributed by atoms with van der Waals surface area (Å²) in [7, 11) is 0. The number of ether oxygens (including phenoxy) is 1. The summed E-state index contributed by atoms with van der Waals surface area (Å²) in [5, 5.41) is 13.5. The maximum Gasteiger partial charge on any atom is 0.262 e. The van der Waals surface area contributed by atoms with Crippen molar-refractivity contribution in [1.82, 2.24) is 5.32 Å². The number of rotatable bonds is 6. The Morgan fingerprint density at radius 3 is 2.66 bits per heavy atom. The minimum absolute atomic E-state index is 0.106. The monoisotopic (exact) mass is 540 g/mol. The molecule has 0 saturated heterocycles. The molecule has 1 fully saturated rings. The van der Waals surface area contributed by atoms with Gasteiger partial charge in [0.25, 0.3) is 5.91 Å². The molecule has 0 unspecified atom stereocenters. The largest absolute Gasteiger partial charge is 0.488 e. The second-order valence-electron chi connectivity index (χ2n) is 6.84. The minimum Gasteiger partial charge on any atom is -0.488 e. The molecule has 0 spiro atoms. The molecule has 1 aliphatic rings. The van der Waals surface area contributed by atoms with Crippen molar-refractivity contribution in [2.45, 2.75) is 38.3 Å². The van der Waals surface area contributed by atoms with Crippen molar-refractivity contribution in [3.8, 4) is 11.8 Å². The molecule has 150 valence electrons. The maximum absolute atomic E-state index is 12.4. The number of nitrogens with zero attached hydrogens (tertiary/aromatic N) is 1. The molecule has 0 heterocycles. The number of nitriles is 1. The lowest BCUT2D eigenvalue weighted by atomic mass is 10.1. The molecule has 1 saturated carbocycles. The van der Waals surface area contributed by atoms with Crippen LogP contribution in [-0.2, 0) is 11.4 Å². The average molecular weight is 541 g/mol. The van der Waals surface area contributed by atoms with Crippen LogP contribution in [-0.4, -0.2) is 11.9 Å². The van der Waals surface area contributed by atoms with Gasteiger partial charge in [0.2, 0.25) is 0 Å². The highest BCUT2D eigenvalue weighted by atomic mass is 127. The van der Waals surface area contributed by atoms with Crippen LogP contribution in [0.3, 0.4) is 0 Å². The van der Waals surface area contributed by atoms with Gasteiger partial charge in [0.1, 0.15) is 24.0 Å². The van der Waals surface area contributed by atoms with Crippen molar-refractivity contribution < 1.29 is 9.53 Å². The van der Waals surface area contributed by atoms with E-state index in [0.29, 0.717) is 22.4 Å². The summed E-state index contributed by atoms with van der Waals surface area (Å²) >= 11 is 14.3. The predicted molar refractivity (Wildman–Crippen MR) is 124 cm³/mol. The summed E-state index contributed by atoms with van der Waals surface area (Å²) in [6, 6.07) is 13.0. The van der Waals surface area contributed by atoms with Gasteiger partial charge in [0.05, 0.1) is 3.57 Å². The lowest BCUT2D eigenvalue weighted by Crippen LogP contribution is -2.33. The number of hydrogen-bond donors (Lipinski definition) is 1. The average Bonchev–Trinajstić information content (AvgIpc) is 3.19. The fourth-order valence-electron chi connectivity index (χ4n) is 3.17. The summed E-state index contributed by atoms with van der Waals surface area (Å²) in [5.74, 6) is 0.384. The Labute approximate surface area is 194 Å². The Bertz CT molecular complexity index is 979. The number of nitrogens with one attached hydrogen (secondary N) is 1. The second kappa shape index (κ2) is 10.3. The highest BCUT2D eigenvalue weighted by molar-refractivity contribution is 14.1. The van der Waals surface area contributed by atoms with Gasteiger partial charge in [-0.3, -0.25) is 4.79 Å². The molecule has 0 radical (unpaired) electrons. The van der Waals surface area contributed by atoms with Gasteiger partial charge >= 0.3 is 0 Å². The minimum atomic E-state index is -0.313. The van der Waals surface area contributed by atoms with E-state index in [2.05, 4.69) is 27.9 Å². The fraction of sp³-hybridized carbons (Fsp3) is 0.273. The van der Waals surface area contributed by atoms with E-state index in [4.69, 9.17) is 27.9 Å². The molecule has 1 N–H and O–H groups in total. The molecule has 1 aliphatic carbocycles. The zero-order valence-corrected chi connectivity index (χ0v) is 19.2. The number of benzene rings is 2. The van der Waals surface area contributed by atoms with E-state index in [9.17, 15) is 10.1 Å². The summed E-state index contributed by atoms with van der Waals surface area (Å²) in [4.78, 5) is 12.4. The number of hydrogen-bond acceptors (Lipinski definition) is 3. The molecule has 3 rings (SSSR count). The van der Waals surface area contributed by atoms with Crippen LogP contribution in [0, 0.1) is 14.9 Å². The highest BCUT2D eigenvalue weighted by Crippen LogP contribution is 2.27. The smallest absolute Gasteiger partial charge is 0.262 e. The zero-order valence-electron chi connectivity index (χ0n) is 15.6. The van der Waals surface area contributed by atoms with Crippen molar-refractivity contribution in [3.05, 3.63) is 66.7 Å². The normalized spacial score (nSPS) is 14.5. The van der Waals surface area contributed by atoms with Gasteiger partial charge in [0, 0.05) is 21.7 Å². The molecule has 4 nitrogen and oxygen atoms in total. The summed E-state index contributed by atoms with van der Waals surface area (Å²) < 4.78 is 6.74. The third-order valence-electron chi connectivity index (χ3n) is 4.72. The molecule has 7 heteroatoms. The molecular weight excluding hydrogens is 522 g/mol. The van der Waals surface area contributed by atoms with E-state index < -0.39 is 0 Å². The van der Waals surface area contributed by atoms with Gasteiger partial charge in [-0.1, -0.05) is 48.2 Å². The van der Waals surface area contributed by atoms with E-state index in [0.717, 1.165) is 40.4 Å². The first kappa shape index (κ1) is 21.9. The second-order valence-corrected chi connectivity index (χ2v) is 8.84. The van der Waals surface area contributed by atoms with E-state index in [-0.39, 0.29) is 17.5 Å². The van der Waals surface area contributed by atoms with Crippen LogP contribution in [0.4, 0.5) is 0 Å². The van der Waals surface area contributed by atoms with Crippen molar-refractivity contribution in [1.29, 1.82) is 5.26 Å². The Kier molecular flexibility index (Phi) is 7.82. The first-order chi connectivity index (χ1) is 14.0. The van der Waals surface area contributed by atoms with E-state index in [1.165, 1.54) is 0 Å². The first-order valence-corrected chi connectivity index (χ1v) is 11.1. The summed E-state index contributed by atoms with van der Waals surface area (Å²) in [6.07, 6.45) is 5.80. The highest BCUT2D eigenvalue weighted by Gasteiger charge is 2.19. The topological polar surface area (TPSA) is 62.1 Å². The molecule has 29 heavy (non-hydrogen) atoms. The van der Waals surface area contributed by atoms with E-state index >= 15 is 0 Å². The van der Waals surface area contributed by atoms with Gasteiger partial charge in [-0.25, -0.2) is 0 Å². The SMILES string of the molecule is N#C/C(=C/c1ccc(OCc2ccc(Cl)cc2Cl)c(I)c1)C(=O)NC1CCCC1. The summed E-state index contributed by atoms with van der Waals surface area (Å²) in [5.41, 5.74) is 1.71. The third kappa shape index (κ3) is 6.11. The Hall–Kier alpha value is -1.75. The van der Waals surface area contributed by atoms with Crippen LogP contribution in [0.25, 0.3) is 6.08 Å². The van der Waals surface area contributed by atoms with Crippen LogP contribution in [0.1, 0.15) is 36.8 Å². The maximum atomic E-state index is 12.4. The number of carbonyl (C=O) groups excluding carboxylic acids is 1. The van der Waals surface area contributed by atoms with Crippen LogP contribution < -0.4 is 10.1 Å². The van der Waals surface area contributed by atoms with Gasteiger partial charge in [-0.15, -0.1) is 0 Å². The third-order valence-corrected chi connectivity index (χ3v) is 6.15. The lowest BCUT2D eigenvalue weighted by Gasteiger charge is -2.12. The molecule has 1 amide bonds. The van der Waals surface area contributed by atoms with Gasteiger partial charge in [0.15, 0.2) is 0 Å². The molecule has 0 atom stereocenters. The predicted octanol–water partition coefficient (Wildman–Crippen LogP) is 6.14. The molecule has 2 aromatic rings. The molecule has 0 aromatic heterocycles. The first-order valence-electron chi connectivity index (χ1n) is 9.25. The number of halogens is 3. The summed E-state index contributed by atoms with van der Waals surface area (Å²) in [6.45, 7) is 0.314.